The summed E-state index contributed by atoms with van der Waals surface area (Å²) in [6, 6.07) is 30.3. The van der Waals surface area contributed by atoms with Crippen LogP contribution in [0.5, 0.6) is 0 Å². The van der Waals surface area contributed by atoms with Crippen molar-refractivity contribution in [1.29, 1.82) is 0 Å². The third-order valence-corrected chi connectivity index (χ3v) is 7.90. The third-order valence-electron chi connectivity index (χ3n) is 3.85. The van der Waals surface area contributed by atoms with Gasteiger partial charge in [0.2, 0.25) is 0 Å². The second-order valence-electron chi connectivity index (χ2n) is 5.29. The molecule has 2 N–H and O–H groups in total. The molecule has 0 fully saturated rings. The number of aliphatic hydroxyl groups is 2. The molecule has 3 heteroatoms. The van der Waals surface area contributed by atoms with Crippen LogP contribution in [0.2, 0.25) is 0 Å². The average molecular weight is 322 g/mol. The van der Waals surface area contributed by atoms with E-state index in [0.29, 0.717) is 0 Å². The highest BCUT2D eigenvalue weighted by molar-refractivity contribution is 7.94. The number of benzene rings is 3. The minimum absolute atomic E-state index is 1.10. The Balaban J connectivity index is 2.41. The smallest absolute Gasteiger partial charge is 0.172 e. The molecule has 3 aromatic carbocycles. The monoisotopic (exact) mass is 322 g/mol. The van der Waals surface area contributed by atoms with Crippen LogP contribution in [0, 0.1) is 0 Å². The van der Waals surface area contributed by atoms with Gasteiger partial charge in [0, 0.05) is 0 Å². The Hall–Kier alpha value is -2.12. The van der Waals surface area contributed by atoms with E-state index in [9.17, 15) is 10.2 Å². The van der Waals surface area contributed by atoms with E-state index in [4.69, 9.17) is 0 Å². The van der Waals surface area contributed by atoms with E-state index >= 15 is 0 Å². The normalized spacial score (nSPS) is 11.4. The van der Waals surface area contributed by atoms with E-state index in [1.165, 1.54) is 0 Å². The Morgan fingerprint density at radius 3 is 1.13 bits per heavy atom. The summed E-state index contributed by atoms with van der Waals surface area (Å²) in [7, 11) is 0. The molecule has 0 unspecified atom stereocenters. The molecule has 2 nitrogen and oxygen atoms in total. The predicted molar refractivity (Wildman–Crippen MR) is 99.4 cm³/mol. The molecule has 0 aliphatic carbocycles. The lowest BCUT2D eigenvalue weighted by Crippen LogP contribution is -2.29. The highest BCUT2D eigenvalue weighted by Crippen LogP contribution is 2.43. The van der Waals surface area contributed by atoms with Gasteiger partial charge in [0.1, 0.15) is 0 Å². The SMILES string of the molecule is OC(O)C=P(c1ccccc1)(c1ccccc1)c1ccccc1. The van der Waals surface area contributed by atoms with Gasteiger partial charge in [-0.3, -0.25) is 0 Å². The molecule has 0 spiro atoms. The van der Waals surface area contributed by atoms with Crippen molar-refractivity contribution in [3.05, 3.63) is 91.0 Å². The molecule has 0 amide bonds. The summed E-state index contributed by atoms with van der Waals surface area (Å²) in [5.41, 5.74) is 0. The van der Waals surface area contributed by atoms with Gasteiger partial charge in [0.15, 0.2) is 6.29 Å². The molecule has 23 heavy (non-hydrogen) atoms. The van der Waals surface area contributed by atoms with Gasteiger partial charge < -0.3 is 10.2 Å². The van der Waals surface area contributed by atoms with Gasteiger partial charge in [-0.1, -0.05) is 91.0 Å². The summed E-state index contributed by atoms with van der Waals surface area (Å²) in [5, 5.41) is 22.9. The van der Waals surface area contributed by atoms with Crippen LogP contribution in [0.3, 0.4) is 0 Å². The first-order valence-electron chi connectivity index (χ1n) is 7.51. The van der Waals surface area contributed by atoms with Gasteiger partial charge in [0.05, 0.1) is 0 Å². The first-order chi connectivity index (χ1) is 11.2. The topological polar surface area (TPSA) is 40.5 Å². The standard InChI is InChI=1S/C20H19O2P/c21-20(22)16-23(17-10-4-1-5-11-17,18-12-6-2-7-13-18)19-14-8-3-9-15-19/h1-16,20-22H. The van der Waals surface area contributed by atoms with Gasteiger partial charge in [-0.15, -0.1) is 0 Å². The maximum atomic E-state index is 9.80. The molecule has 0 aliphatic heterocycles. The Kier molecular flexibility index (Phi) is 4.78. The van der Waals surface area contributed by atoms with Crippen LogP contribution < -0.4 is 15.9 Å². The predicted octanol–water partition coefficient (Wildman–Crippen LogP) is 2.09. The summed E-state index contributed by atoms with van der Waals surface area (Å²) in [6.45, 7) is -2.23. The Morgan fingerprint density at radius 2 is 0.870 bits per heavy atom. The number of hydrogen-bond donors (Lipinski definition) is 2. The largest absolute Gasteiger partial charge is 0.365 e. The minimum atomic E-state index is -2.23. The Morgan fingerprint density at radius 1 is 0.565 bits per heavy atom. The lowest BCUT2D eigenvalue weighted by atomic mass is 10.4. The molecule has 0 atom stereocenters. The van der Waals surface area contributed by atoms with Crippen LogP contribution in [0.1, 0.15) is 0 Å². The third kappa shape index (κ3) is 3.16. The first kappa shape index (κ1) is 15.8. The van der Waals surface area contributed by atoms with Crippen LogP contribution in [-0.4, -0.2) is 22.3 Å². The maximum Gasteiger partial charge on any atom is 0.172 e. The van der Waals surface area contributed by atoms with E-state index in [-0.39, 0.29) is 0 Å². The molecule has 116 valence electrons. The van der Waals surface area contributed by atoms with Crippen molar-refractivity contribution < 1.29 is 10.2 Å². The lowest BCUT2D eigenvalue weighted by molar-refractivity contribution is 0.0255. The second-order valence-corrected chi connectivity index (χ2v) is 8.58. The molecule has 0 saturated carbocycles. The van der Waals surface area contributed by atoms with Crippen molar-refractivity contribution in [2.24, 2.45) is 0 Å². The number of hydrogen-bond acceptors (Lipinski definition) is 2. The maximum absolute atomic E-state index is 9.80. The molecular formula is C20H19O2P. The zero-order chi connectivity index (χ0) is 16.1. The van der Waals surface area contributed by atoms with E-state index in [2.05, 4.69) is 36.4 Å². The minimum Gasteiger partial charge on any atom is -0.365 e. The summed E-state index contributed by atoms with van der Waals surface area (Å²) in [5.74, 6) is 1.69. The number of aliphatic hydroxyl groups excluding tert-OH is 1. The van der Waals surface area contributed by atoms with Gasteiger partial charge in [-0.25, -0.2) is 0 Å². The molecule has 0 aromatic heterocycles. The van der Waals surface area contributed by atoms with Crippen molar-refractivity contribution >= 4 is 28.6 Å². The molecule has 0 heterocycles. The van der Waals surface area contributed by atoms with Crippen LogP contribution in [-0.2, 0) is 0 Å². The summed E-state index contributed by atoms with van der Waals surface area (Å²) in [4.78, 5) is 0. The van der Waals surface area contributed by atoms with Crippen molar-refractivity contribution in [3.8, 4) is 0 Å². The molecule has 0 aliphatic rings. The fraction of sp³-hybridized carbons (Fsp3) is 0.0500. The van der Waals surface area contributed by atoms with Gasteiger partial charge in [-0.05, 0) is 28.6 Å². The van der Waals surface area contributed by atoms with Gasteiger partial charge >= 0.3 is 0 Å². The van der Waals surface area contributed by atoms with Crippen molar-refractivity contribution in [3.63, 3.8) is 0 Å². The van der Waals surface area contributed by atoms with E-state index < -0.39 is 13.2 Å². The van der Waals surface area contributed by atoms with Crippen LogP contribution >= 0.6 is 6.89 Å². The summed E-state index contributed by atoms with van der Waals surface area (Å²) < 4.78 is 0. The Bertz CT molecular complexity index is 693. The lowest BCUT2D eigenvalue weighted by Gasteiger charge is -2.29. The zero-order valence-corrected chi connectivity index (χ0v) is 13.6. The molecule has 0 radical (unpaired) electrons. The first-order valence-corrected chi connectivity index (χ1v) is 9.37. The molecule has 0 saturated heterocycles. The fourth-order valence-electron chi connectivity index (χ4n) is 2.89. The Labute approximate surface area is 136 Å². The quantitative estimate of drug-likeness (QED) is 0.570. The van der Waals surface area contributed by atoms with Gasteiger partial charge in [0.25, 0.3) is 0 Å². The molecule has 3 aromatic rings. The summed E-state index contributed by atoms with van der Waals surface area (Å²) >= 11 is 0. The van der Waals surface area contributed by atoms with E-state index in [1.54, 1.807) is 5.80 Å². The van der Waals surface area contributed by atoms with Crippen LogP contribution in [0.25, 0.3) is 0 Å². The molecule has 0 bridgehead atoms. The molecular weight excluding hydrogens is 303 g/mol. The second kappa shape index (κ2) is 6.97. The van der Waals surface area contributed by atoms with Crippen LogP contribution in [0.15, 0.2) is 91.0 Å². The van der Waals surface area contributed by atoms with E-state index in [0.717, 1.165) is 15.9 Å². The van der Waals surface area contributed by atoms with Crippen molar-refractivity contribution in [2.45, 2.75) is 6.29 Å². The highest BCUT2D eigenvalue weighted by Gasteiger charge is 2.25. The van der Waals surface area contributed by atoms with Gasteiger partial charge in [-0.2, -0.15) is 0 Å². The van der Waals surface area contributed by atoms with Crippen molar-refractivity contribution in [2.75, 3.05) is 0 Å². The number of rotatable bonds is 4. The fourth-order valence-corrected chi connectivity index (χ4v) is 6.63. The zero-order valence-electron chi connectivity index (χ0n) is 12.7. The highest BCUT2D eigenvalue weighted by atomic mass is 31.2. The molecule has 3 rings (SSSR count). The van der Waals surface area contributed by atoms with Crippen LogP contribution in [0.4, 0.5) is 0 Å². The average Bonchev–Trinajstić information content (AvgIpc) is 2.62. The van der Waals surface area contributed by atoms with E-state index in [1.807, 2.05) is 54.6 Å². The summed E-state index contributed by atoms with van der Waals surface area (Å²) in [6.07, 6.45) is -1.48. The van der Waals surface area contributed by atoms with Crippen molar-refractivity contribution in [1.82, 2.24) is 0 Å².